The molecule has 1 aromatic carbocycles. The number of nitrogens with zero attached hydrogens (tertiary/aromatic N) is 2. The van der Waals surface area contributed by atoms with E-state index in [1.165, 1.54) is 13.2 Å². The Balaban J connectivity index is 2.41. The number of rotatable bonds is 6. The number of nitrogens with one attached hydrogen (secondary N) is 1. The van der Waals surface area contributed by atoms with Crippen LogP contribution in [0, 0.1) is 10.1 Å². The summed E-state index contributed by atoms with van der Waals surface area (Å²) in [5.74, 6) is -0.762. The Morgan fingerprint density at radius 2 is 2.04 bits per heavy atom. The lowest BCUT2D eigenvalue weighted by Gasteiger charge is -2.35. The van der Waals surface area contributed by atoms with Gasteiger partial charge in [-0.15, -0.1) is 0 Å². The van der Waals surface area contributed by atoms with E-state index >= 15 is 0 Å². The number of benzene rings is 1. The Morgan fingerprint density at radius 1 is 1.40 bits per heavy atom. The number of phenols is 1. The van der Waals surface area contributed by atoms with Crippen molar-refractivity contribution in [2.45, 2.75) is 25.1 Å². The maximum Gasteiger partial charge on any atom is 0.389 e. The molecule has 0 saturated carbocycles. The van der Waals surface area contributed by atoms with Gasteiger partial charge in [0.25, 0.3) is 0 Å². The minimum absolute atomic E-state index is 0.128. The largest absolute Gasteiger partial charge is 0.500 e. The average molecular weight is 363 g/mol. The summed E-state index contributed by atoms with van der Waals surface area (Å²) in [5.41, 5.74) is -0.256. The van der Waals surface area contributed by atoms with E-state index in [2.05, 4.69) is 5.32 Å². The molecule has 1 saturated heterocycles. The van der Waals surface area contributed by atoms with Crippen molar-refractivity contribution in [1.82, 2.24) is 10.2 Å². The number of hydrogen-bond donors (Lipinski definition) is 2. The molecular formula is C15H20F3N3O4. The van der Waals surface area contributed by atoms with Crippen LogP contribution in [0.25, 0.3) is 0 Å². The topological polar surface area (TPSA) is 87.9 Å². The second kappa shape index (κ2) is 7.87. The maximum absolute atomic E-state index is 12.7. The van der Waals surface area contributed by atoms with Gasteiger partial charge < -0.3 is 15.2 Å². The molecule has 1 heterocycles. The molecule has 1 aliphatic rings. The first-order chi connectivity index (χ1) is 11.7. The van der Waals surface area contributed by atoms with Crippen molar-refractivity contribution in [2.24, 2.45) is 0 Å². The summed E-state index contributed by atoms with van der Waals surface area (Å²) in [6, 6.07) is 1.84. The van der Waals surface area contributed by atoms with E-state index in [0.717, 1.165) is 6.07 Å². The van der Waals surface area contributed by atoms with E-state index in [9.17, 15) is 28.4 Å². The third kappa shape index (κ3) is 4.95. The van der Waals surface area contributed by atoms with Crippen molar-refractivity contribution >= 4 is 5.69 Å². The monoisotopic (exact) mass is 363 g/mol. The van der Waals surface area contributed by atoms with Crippen molar-refractivity contribution in [3.8, 4) is 11.5 Å². The van der Waals surface area contributed by atoms with Gasteiger partial charge in [-0.1, -0.05) is 0 Å². The van der Waals surface area contributed by atoms with Gasteiger partial charge in [-0.25, -0.2) is 0 Å². The van der Waals surface area contributed by atoms with Gasteiger partial charge >= 0.3 is 11.9 Å². The smallest absolute Gasteiger partial charge is 0.389 e. The van der Waals surface area contributed by atoms with E-state index in [0.29, 0.717) is 31.7 Å². The molecular weight excluding hydrogens is 343 g/mol. The molecule has 2 N–H and O–H groups in total. The molecule has 1 aliphatic heterocycles. The second-order valence-corrected chi connectivity index (χ2v) is 5.80. The molecule has 0 amide bonds. The van der Waals surface area contributed by atoms with Crippen LogP contribution < -0.4 is 10.1 Å². The van der Waals surface area contributed by atoms with Gasteiger partial charge in [0.05, 0.1) is 12.0 Å². The lowest BCUT2D eigenvalue weighted by molar-refractivity contribution is -0.386. The summed E-state index contributed by atoms with van der Waals surface area (Å²) < 4.78 is 43.1. The number of ether oxygens (including phenoxy) is 1. The molecule has 2 rings (SSSR count). The lowest BCUT2D eigenvalue weighted by atomic mass is 9.98. The van der Waals surface area contributed by atoms with Crippen LogP contribution in [0.5, 0.6) is 11.5 Å². The molecule has 140 valence electrons. The summed E-state index contributed by atoms with van der Waals surface area (Å²) in [6.07, 6.45) is -5.55. The number of methoxy groups -OCH3 is 1. The van der Waals surface area contributed by atoms with Gasteiger partial charge in [0.2, 0.25) is 5.75 Å². The minimum atomic E-state index is -4.32. The van der Waals surface area contributed by atoms with E-state index < -0.39 is 35.0 Å². The predicted octanol–water partition coefficient (Wildman–Crippen LogP) is 2.60. The third-order valence-corrected chi connectivity index (χ3v) is 4.17. The fourth-order valence-corrected chi connectivity index (χ4v) is 2.96. The first kappa shape index (κ1) is 19.3. The molecule has 0 radical (unpaired) electrons. The molecule has 1 fully saturated rings. The van der Waals surface area contributed by atoms with Crippen molar-refractivity contribution in [3.63, 3.8) is 0 Å². The van der Waals surface area contributed by atoms with Crippen LogP contribution in [0.1, 0.15) is 24.4 Å². The number of nitro benzene ring substituents is 1. The Bertz CT molecular complexity index is 619. The molecule has 1 atom stereocenters. The molecule has 0 spiro atoms. The van der Waals surface area contributed by atoms with E-state index in [4.69, 9.17) is 4.74 Å². The Morgan fingerprint density at radius 3 is 2.56 bits per heavy atom. The van der Waals surface area contributed by atoms with E-state index in [1.807, 2.05) is 4.90 Å². The van der Waals surface area contributed by atoms with Crippen LogP contribution in [-0.2, 0) is 0 Å². The zero-order chi connectivity index (χ0) is 18.6. The third-order valence-electron chi connectivity index (χ3n) is 4.17. The summed E-state index contributed by atoms with van der Waals surface area (Å²) in [7, 11) is 1.23. The fourth-order valence-electron chi connectivity index (χ4n) is 2.96. The van der Waals surface area contributed by atoms with Gasteiger partial charge in [-0.2, -0.15) is 13.2 Å². The Kier molecular flexibility index (Phi) is 6.07. The highest BCUT2D eigenvalue weighted by Crippen LogP contribution is 2.41. The number of phenolic OH excluding ortho intramolecular Hbond substituents is 1. The standard InChI is InChI=1S/C15H20F3N3O4/c1-25-13-9-10(8-12(14(13)22)21(23)24)11(2-3-15(16,17)18)20-6-4-19-5-7-20/h8-9,11,19,22H,2-7H2,1H3/t11-/m0/s1. The van der Waals surface area contributed by atoms with Crippen LogP contribution in [0.4, 0.5) is 18.9 Å². The van der Waals surface area contributed by atoms with Gasteiger partial charge in [0, 0.05) is 44.7 Å². The van der Waals surface area contributed by atoms with Crippen LogP contribution >= 0.6 is 0 Å². The summed E-state index contributed by atoms with van der Waals surface area (Å²) in [5, 5.41) is 24.1. The van der Waals surface area contributed by atoms with E-state index in [1.54, 1.807) is 0 Å². The first-order valence-electron chi connectivity index (χ1n) is 7.79. The first-order valence-corrected chi connectivity index (χ1v) is 7.79. The van der Waals surface area contributed by atoms with Crippen LogP contribution in [0.2, 0.25) is 0 Å². The number of hydrogen-bond acceptors (Lipinski definition) is 6. The highest BCUT2D eigenvalue weighted by molar-refractivity contribution is 5.57. The van der Waals surface area contributed by atoms with Crippen molar-refractivity contribution in [1.29, 1.82) is 0 Å². The summed E-state index contributed by atoms with van der Waals surface area (Å²) in [4.78, 5) is 12.2. The zero-order valence-electron chi connectivity index (χ0n) is 13.7. The van der Waals surface area contributed by atoms with Gasteiger partial charge in [-0.05, 0) is 18.1 Å². The SMILES string of the molecule is COc1cc([C@H](CCC(F)(F)F)N2CCNCC2)cc([N+](=O)[O-])c1O. The maximum atomic E-state index is 12.7. The van der Waals surface area contributed by atoms with Crippen molar-refractivity contribution < 1.29 is 27.9 Å². The van der Waals surface area contributed by atoms with Crippen molar-refractivity contribution in [3.05, 3.63) is 27.8 Å². The van der Waals surface area contributed by atoms with Gasteiger partial charge in [-0.3, -0.25) is 15.0 Å². The average Bonchev–Trinajstić information content (AvgIpc) is 2.55. The molecule has 0 aliphatic carbocycles. The van der Waals surface area contributed by atoms with Gasteiger partial charge in [0.15, 0.2) is 5.75 Å². The highest BCUT2D eigenvalue weighted by Gasteiger charge is 2.33. The number of aromatic hydroxyl groups is 1. The van der Waals surface area contributed by atoms with Crippen LogP contribution in [0.3, 0.4) is 0 Å². The molecule has 1 aromatic rings. The predicted molar refractivity (Wildman–Crippen MR) is 83.8 cm³/mol. The Hall–Kier alpha value is -2.07. The molecule has 25 heavy (non-hydrogen) atoms. The molecule has 0 aromatic heterocycles. The highest BCUT2D eigenvalue weighted by atomic mass is 19.4. The zero-order valence-corrected chi connectivity index (χ0v) is 13.7. The van der Waals surface area contributed by atoms with E-state index in [-0.39, 0.29) is 12.2 Å². The summed E-state index contributed by atoms with van der Waals surface area (Å²) in [6.45, 7) is 2.30. The lowest BCUT2D eigenvalue weighted by Crippen LogP contribution is -2.45. The fraction of sp³-hybridized carbons (Fsp3) is 0.600. The number of halogens is 3. The molecule has 10 heteroatoms. The number of nitro groups is 1. The molecule has 0 bridgehead atoms. The molecule has 0 unspecified atom stereocenters. The summed E-state index contributed by atoms with van der Waals surface area (Å²) >= 11 is 0. The van der Waals surface area contributed by atoms with Crippen molar-refractivity contribution in [2.75, 3.05) is 33.3 Å². The van der Waals surface area contributed by atoms with Crippen LogP contribution in [0.15, 0.2) is 12.1 Å². The normalized spacial score (nSPS) is 17.3. The van der Waals surface area contributed by atoms with Gasteiger partial charge in [0.1, 0.15) is 0 Å². The number of piperazine rings is 1. The quantitative estimate of drug-likeness (QED) is 0.597. The second-order valence-electron chi connectivity index (χ2n) is 5.80. The number of alkyl halides is 3. The Labute approximate surface area is 142 Å². The molecule has 7 nitrogen and oxygen atoms in total. The van der Waals surface area contributed by atoms with Crippen LogP contribution in [-0.4, -0.2) is 54.4 Å². The minimum Gasteiger partial charge on any atom is -0.500 e.